The smallest absolute Gasteiger partial charge is 0.257 e. The van der Waals surface area contributed by atoms with Crippen LogP contribution in [0, 0.1) is 19.8 Å². The quantitative estimate of drug-likeness (QED) is 0.780. The van der Waals surface area contributed by atoms with Gasteiger partial charge in [0.25, 0.3) is 5.91 Å². The predicted molar refractivity (Wildman–Crippen MR) is 60.2 cm³/mol. The maximum Gasteiger partial charge on any atom is 0.257 e. The van der Waals surface area contributed by atoms with Crippen molar-refractivity contribution < 1.29 is 4.79 Å². The highest BCUT2D eigenvalue weighted by molar-refractivity contribution is 5.96. The van der Waals surface area contributed by atoms with E-state index in [1.807, 2.05) is 13.8 Å². The van der Waals surface area contributed by atoms with Crippen LogP contribution in [0.5, 0.6) is 0 Å². The molecule has 1 amide bonds. The van der Waals surface area contributed by atoms with Gasteiger partial charge in [0.15, 0.2) is 0 Å². The van der Waals surface area contributed by atoms with Crippen LogP contribution in [0.25, 0.3) is 0 Å². The monoisotopic (exact) mass is 219 g/mol. The first-order valence-electron chi connectivity index (χ1n) is 5.99. The van der Waals surface area contributed by atoms with Gasteiger partial charge in [-0.3, -0.25) is 9.89 Å². The Bertz CT molecular complexity index is 418. The number of carbonyl (C=O) groups excluding carboxylic acids is 1. The van der Waals surface area contributed by atoms with Crippen molar-refractivity contribution in [1.82, 2.24) is 15.1 Å². The van der Waals surface area contributed by atoms with Gasteiger partial charge in [0, 0.05) is 18.3 Å². The molecular formula is C12H17N3O. The number of carbonyl (C=O) groups is 1. The van der Waals surface area contributed by atoms with Crippen LogP contribution >= 0.6 is 0 Å². The van der Waals surface area contributed by atoms with E-state index in [-0.39, 0.29) is 5.91 Å². The number of hydrogen-bond acceptors (Lipinski definition) is 2. The minimum atomic E-state index is 0.177. The van der Waals surface area contributed by atoms with Crippen molar-refractivity contribution in [1.29, 1.82) is 0 Å². The number of piperidine rings is 1. The first-order chi connectivity index (χ1) is 7.66. The number of aromatic amines is 1. The number of fused-ring (bicyclic) bond motifs is 2. The van der Waals surface area contributed by atoms with Gasteiger partial charge < -0.3 is 4.90 Å². The van der Waals surface area contributed by atoms with Crippen molar-refractivity contribution in [2.75, 3.05) is 6.54 Å². The van der Waals surface area contributed by atoms with Crippen LogP contribution in [-0.2, 0) is 0 Å². The van der Waals surface area contributed by atoms with Crippen LogP contribution in [0.15, 0.2) is 0 Å². The first kappa shape index (κ1) is 9.87. The van der Waals surface area contributed by atoms with Gasteiger partial charge in [-0.2, -0.15) is 5.10 Å². The van der Waals surface area contributed by atoms with Crippen molar-refractivity contribution in [3.8, 4) is 0 Å². The van der Waals surface area contributed by atoms with Gasteiger partial charge >= 0.3 is 0 Å². The summed E-state index contributed by atoms with van der Waals surface area (Å²) in [5.74, 6) is 0.928. The molecule has 4 heteroatoms. The number of likely N-dealkylation sites (tertiary alicyclic amines) is 1. The zero-order chi connectivity index (χ0) is 11.3. The second kappa shape index (κ2) is 3.34. The molecule has 1 N–H and O–H groups in total. The molecule has 1 aromatic rings. The SMILES string of the molecule is Cc1n[nH]c(C)c1C(=O)N1CC2CCC1C2. The summed E-state index contributed by atoms with van der Waals surface area (Å²) in [7, 11) is 0. The molecule has 3 rings (SSSR count). The van der Waals surface area contributed by atoms with Crippen LogP contribution < -0.4 is 0 Å². The normalized spacial score (nSPS) is 27.8. The third-order valence-electron chi connectivity index (χ3n) is 4.01. The van der Waals surface area contributed by atoms with E-state index in [0.717, 1.165) is 29.4 Å². The third-order valence-corrected chi connectivity index (χ3v) is 4.01. The molecule has 2 heterocycles. The number of amides is 1. The molecule has 2 aliphatic rings. The number of hydrogen-bond donors (Lipinski definition) is 1. The summed E-state index contributed by atoms with van der Waals surface area (Å²) in [5, 5.41) is 6.99. The van der Waals surface area contributed by atoms with Gasteiger partial charge in [0.05, 0.1) is 11.3 Å². The highest BCUT2D eigenvalue weighted by Crippen LogP contribution is 2.38. The molecule has 86 valence electrons. The summed E-state index contributed by atoms with van der Waals surface area (Å²) >= 11 is 0. The third kappa shape index (κ3) is 1.29. The molecule has 4 nitrogen and oxygen atoms in total. The Balaban J connectivity index is 1.89. The molecule has 1 aliphatic heterocycles. The Kier molecular flexibility index (Phi) is 2.06. The summed E-state index contributed by atoms with van der Waals surface area (Å²) < 4.78 is 0. The highest BCUT2D eigenvalue weighted by Gasteiger charge is 2.41. The van der Waals surface area contributed by atoms with Crippen molar-refractivity contribution in [3.63, 3.8) is 0 Å². The number of nitrogens with zero attached hydrogens (tertiary/aromatic N) is 2. The molecule has 2 unspecified atom stereocenters. The number of aromatic nitrogens is 2. The lowest BCUT2D eigenvalue weighted by Crippen LogP contribution is -2.38. The number of aryl methyl sites for hydroxylation is 2. The minimum Gasteiger partial charge on any atom is -0.335 e. The van der Waals surface area contributed by atoms with Crippen LogP contribution in [0.2, 0.25) is 0 Å². The van der Waals surface area contributed by atoms with Gasteiger partial charge in [-0.15, -0.1) is 0 Å². The van der Waals surface area contributed by atoms with E-state index >= 15 is 0 Å². The number of nitrogens with one attached hydrogen (secondary N) is 1. The first-order valence-corrected chi connectivity index (χ1v) is 5.99. The fourth-order valence-electron chi connectivity index (χ4n) is 3.18. The van der Waals surface area contributed by atoms with Crippen molar-refractivity contribution in [2.45, 2.75) is 39.2 Å². The Morgan fingerprint density at radius 1 is 1.44 bits per heavy atom. The summed E-state index contributed by atoms with van der Waals surface area (Å²) in [4.78, 5) is 14.5. The maximum atomic E-state index is 12.4. The standard InChI is InChI=1S/C12H17N3O/c1-7-11(8(2)14-13-7)12(16)15-6-9-3-4-10(15)5-9/h9-10H,3-6H2,1-2H3,(H,13,14). The molecule has 16 heavy (non-hydrogen) atoms. The summed E-state index contributed by atoms with van der Waals surface area (Å²) in [6.45, 7) is 4.76. The van der Waals surface area contributed by atoms with E-state index in [1.54, 1.807) is 0 Å². The van der Waals surface area contributed by atoms with Gasteiger partial charge in [-0.05, 0) is 39.0 Å². The molecule has 0 radical (unpaired) electrons. The van der Waals surface area contributed by atoms with E-state index in [9.17, 15) is 4.79 Å². The largest absolute Gasteiger partial charge is 0.335 e. The second-order valence-electron chi connectivity index (χ2n) is 5.10. The molecule has 2 fully saturated rings. The molecule has 1 saturated carbocycles. The summed E-state index contributed by atoms with van der Waals surface area (Å²) in [5.41, 5.74) is 2.50. The van der Waals surface area contributed by atoms with E-state index < -0.39 is 0 Å². The fraction of sp³-hybridized carbons (Fsp3) is 0.667. The van der Waals surface area contributed by atoms with E-state index in [1.165, 1.54) is 19.3 Å². The van der Waals surface area contributed by atoms with Crippen molar-refractivity contribution >= 4 is 5.91 Å². The van der Waals surface area contributed by atoms with Gasteiger partial charge in [-0.1, -0.05) is 0 Å². The second-order valence-corrected chi connectivity index (χ2v) is 5.10. The van der Waals surface area contributed by atoms with Crippen LogP contribution in [0.1, 0.15) is 41.0 Å². The van der Waals surface area contributed by atoms with Crippen molar-refractivity contribution in [3.05, 3.63) is 17.0 Å². The Morgan fingerprint density at radius 3 is 2.75 bits per heavy atom. The molecule has 2 atom stereocenters. The van der Waals surface area contributed by atoms with E-state index in [2.05, 4.69) is 15.1 Å². The van der Waals surface area contributed by atoms with Gasteiger partial charge in [0.1, 0.15) is 0 Å². The summed E-state index contributed by atoms with van der Waals surface area (Å²) in [6, 6.07) is 0.492. The topological polar surface area (TPSA) is 49.0 Å². The Hall–Kier alpha value is -1.32. The fourth-order valence-corrected chi connectivity index (χ4v) is 3.18. The summed E-state index contributed by atoms with van der Waals surface area (Å²) in [6.07, 6.45) is 3.70. The average molecular weight is 219 g/mol. The molecule has 2 bridgehead atoms. The molecular weight excluding hydrogens is 202 g/mol. The minimum absolute atomic E-state index is 0.177. The molecule has 1 saturated heterocycles. The average Bonchev–Trinajstić information content (AvgIpc) is 2.93. The van der Waals surface area contributed by atoms with Gasteiger partial charge in [0.2, 0.25) is 0 Å². The predicted octanol–water partition coefficient (Wildman–Crippen LogP) is 1.65. The van der Waals surface area contributed by atoms with Crippen molar-refractivity contribution in [2.24, 2.45) is 5.92 Å². The molecule has 0 spiro atoms. The molecule has 1 aliphatic carbocycles. The van der Waals surface area contributed by atoms with Crippen LogP contribution in [0.3, 0.4) is 0 Å². The van der Waals surface area contributed by atoms with Gasteiger partial charge in [-0.25, -0.2) is 0 Å². The highest BCUT2D eigenvalue weighted by atomic mass is 16.2. The van der Waals surface area contributed by atoms with E-state index in [0.29, 0.717) is 6.04 Å². The van der Waals surface area contributed by atoms with Crippen LogP contribution in [-0.4, -0.2) is 33.6 Å². The lowest BCUT2D eigenvalue weighted by atomic mass is 10.1. The zero-order valence-electron chi connectivity index (χ0n) is 9.79. The molecule has 1 aromatic heterocycles. The lowest BCUT2D eigenvalue weighted by Gasteiger charge is -2.27. The Morgan fingerprint density at radius 2 is 2.25 bits per heavy atom. The van der Waals surface area contributed by atoms with E-state index in [4.69, 9.17) is 0 Å². The Labute approximate surface area is 95.0 Å². The number of rotatable bonds is 1. The zero-order valence-corrected chi connectivity index (χ0v) is 9.79. The number of H-pyrrole nitrogens is 1. The maximum absolute atomic E-state index is 12.4. The lowest BCUT2D eigenvalue weighted by molar-refractivity contribution is 0.0702. The van der Waals surface area contributed by atoms with Crippen LogP contribution in [0.4, 0.5) is 0 Å². The molecule has 0 aromatic carbocycles.